The van der Waals surface area contributed by atoms with Crippen molar-refractivity contribution in [2.45, 2.75) is 32.0 Å². The van der Waals surface area contributed by atoms with Gasteiger partial charge in [0.05, 0.1) is 6.10 Å². The molecule has 2 aromatic rings. The van der Waals surface area contributed by atoms with Gasteiger partial charge < -0.3 is 10.4 Å². The normalized spacial score (nSPS) is 32.8. The Labute approximate surface area is 126 Å². The number of aliphatic hydroxyl groups excluding tert-OH is 1. The Morgan fingerprint density at radius 1 is 0.714 bits per heavy atom. The fourth-order valence-electron chi connectivity index (χ4n) is 3.49. The molecule has 2 aromatic carbocycles. The molecule has 1 unspecified atom stereocenters. The molecule has 5 atom stereocenters. The number of hydrogen-bond donors (Lipinski definition) is 2. The summed E-state index contributed by atoms with van der Waals surface area (Å²) < 4.78 is 0. The Morgan fingerprint density at radius 2 is 1.10 bits per heavy atom. The van der Waals surface area contributed by atoms with E-state index in [2.05, 4.69) is 67.7 Å². The van der Waals surface area contributed by atoms with Gasteiger partial charge in [-0.15, -0.1) is 0 Å². The molecule has 2 nitrogen and oxygen atoms in total. The van der Waals surface area contributed by atoms with Crippen molar-refractivity contribution >= 4 is 0 Å². The predicted octanol–water partition coefficient (Wildman–Crippen LogP) is 3.71. The number of hydrogen-bond acceptors (Lipinski definition) is 2. The zero-order valence-electron chi connectivity index (χ0n) is 12.6. The van der Waals surface area contributed by atoms with E-state index >= 15 is 0 Å². The van der Waals surface area contributed by atoms with E-state index in [1.54, 1.807) is 0 Å². The topological polar surface area (TPSA) is 32.3 Å². The molecule has 2 N–H and O–H groups in total. The van der Waals surface area contributed by atoms with Gasteiger partial charge in [0.1, 0.15) is 0 Å². The minimum absolute atomic E-state index is 0.183. The summed E-state index contributed by atoms with van der Waals surface area (Å²) in [6.07, 6.45) is -0.304. The summed E-state index contributed by atoms with van der Waals surface area (Å²) in [5, 5.41) is 14.4. The van der Waals surface area contributed by atoms with E-state index in [0.717, 1.165) is 0 Å². The molecule has 0 radical (unpaired) electrons. The highest BCUT2D eigenvalue weighted by Gasteiger charge is 2.40. The van der Waals surface area contributed by atoms with Gasteiger partial charge in [0, 0.05) is 23.9 Å². The van der Waals surface area contributed by atoms with Crippen LogP contribution in [0.5, 0.6) is 0 Å². The van der Waals surface area contributed by atoms with Gasteiger partial charge >= 0.3 is 0 Å². The Hall–Kier alpha value is -1.64. The van der Waals surface area contributed by atoms with Gasteiger partial charge in [-0.2, -0.15) is 0 Å². The molecule has 1 aliphatic heterocycles. The van der Waals surface area contributed by atoms with Gasteiger partial charge in [0.25, 0.3) is 0 Å². The van der Waals surface area contributed by atoms with Crippen LogP contribution in [0.4, 0.5) is 0 Å². The summed E-state index contributed by atoms with van der Waals surface area (Å²) in [7, 11) is 0. The van der Waals surface area contributed by atoms with Gasteiger partial charge in [-0.25, -0.2) is 0 Å². The fourth-order valence-corrected chi connectivity index (χ4v) is 3.49. The largest absolute Gasteiger partial charge is 0.392 e. The molecule has 1 saturated heterocycles. The molecule has 0 bridgehead atoms. The van der Waals surface area contributed by atoms with Crippen molar-refractivity contribution in [3.05, 3.63) is 71.8 Å². The van der Waals surface area contributed by atoms with E-state index in [1.165, 1.54) is 11.1 Å². The molecule has 0 aromatic heterocycles. The molecule has 0 spiro atoms. The van der Waals surface area contributed by atoms with Crippen LogP contribution in [0.1, 0.15) is 37.1 Å². The highest BCUT2D eigenvalue weighted by molar-refractivity contribution is 5.26. The van der Waals surface area contributed by atoms with Crippen molar-refractivity contribution in [1.82, 2.24) is 5.32 Å². The number of rotatable bonds is 2. The molecule has 2 heteroatoms. The van der Waals surface area contributed by atoms with Crippen LogP contribution in [0, 0.1) is 11.8 Å². The van der Waals surface area contributed by atoms with Crippen LogP contribution in [0.25, 0.3) is 0 Å². The SMILES string of the molecule is C[C@@H]1C(O)[C@H](C)[C@@H](c2ccccc2)N[C@@H]1c1ccccc1. The first-order valence-corrected chi connectivity index (χ1v) is 7.72. The van der Waals surface area contributed by atoms with Crippen LogP contribution in [-0.4, -0.2) is 11.2 Å². The smallest absolute Gasteiger partial charge is 0.0627 e. The molecular formula is C19H23NO. The van der Waals surface area contributed by atoms with E-state index < -0.39 is 0 Å². The zero-order chi connectivity index (χ0) is 14.8. The highest BCUT2D eigenvalue weighted by atomic mass is 16.3. The monoisotopic (exact) mass is 281 g/mol. The first kappa shape index (κ1) is 14.3. The van der Waals surface area contributed by atoms with Crippen molar-refractivity contribution in [1.29, 1.82) is 0 Å². The van der Waals surface area contributed by atoms with Crippen molar-refractivity contribution in [3.8, 4) is 0 Å². The lowest BCUT2D eigenvalue weighted by atomic mass is 9.75. The summed E-state index contributed by atoms with van der Waals surface area (Å²) in [6, 6.07) is 21.2. The van der Waals surface area contributed by atoms with E-state index in [4.69, 9.17) is 0 Å². The van der Waals surface area contributed by atoms with Gasteiger partial charge in [-0.1, -0.05) is 74.5 Å². The molecule has 0 amide bonds. The molecular weight excluding hydrogens is 258 g/mol. The van der Waals surface area contributed by atoms with E-state index in [-0.39, 0.29) is 30.0 Å². The lowest BCUT2D eigenvalue weighted by Gasteiger charge is -2.44. The zero-order valence-corrected chi connectivity index (χ0v) is 12.6. The summed E-state index contributed by atoms with van der Waals surface area (Å²) in [4.78, 5) is 0. The van der Waals surface area contributed by atoms with E-state index in [0.29, 0.717) is 0 Å². The van der Waals surface area contributed by atoms with Crippen LogP contribution in [-0.2, 0) is 0 Å². The maximum atomic E-state index is 10.7. The van der Waals surface area contributed by atoms with E-state index in [9.17, 15) is 5.11 Å². The Balaban J connectivity index is 1.93. The van der Waals surface area contributed by atoms with Crippen molar-refractivity contribution in [2.24, 2.45) is 11.8 Å². The lowest BCUT2D eigenvalue weighted by molar-refractivity contribution is -0.00676. The van der Waals surface area contributed by atoms with Crippen LogP contribution < -0.4 is 5.32 Å². The van der Waals surface area contributed by atoms with Crippen molar-refractivity contribution in [3.63, 3.8) is 0 Å². The van der Waals surface area contributed by atoms with Crippen molar-refractivity contribution < 1.29 is 5.11 Å². The number of aliphatic hydroxyl groups is 1. The molecule has 0 saturated carbocycles. The first-order chi connectivity index (χ1) is 10.2. The maximum absolute atomic E-state index is 10.7. The third-order valence-electron chi connectivity index (χ3n) is 4.81. The second kappa shape index (κ2) is 6.00. The fraction of sp³-hybridized carbons (Fsp3) is 0.368. The van der Waals surface area contributed by atoms with Gasteiger partial charge in [-0.05, 0) is 11.1 Å². The van der Waals surface area contributed by atoms with E-state index in [1.807, 2.05) is 12.1 Å². The highest BCUT2D eigenvalue weighted by Crippen LogP contribution is 2.40. The number of piperidine rings is 1. The van der Waals surface area contributed by atoms with Gasteiger partial charge in [0.2, 0.25) is 0 Å². The standard InChI is InChI=1S/C19H23NO/c1-13-17(15-9-5-3-6-10-15)20-18(14(2)19(13)21)16-11-7-4-8-12-16/h3-14,17-21H,1-2H3/t13-,14+,17-,18-,19?/m0/s1. The molecule has 1 aliphatic rings. The lowest BCUT2D eigenvalue weighted by Crippen LogP contribution is -2.48. The second-order valence-corrected chi connectivity index (χ2v) is 6.15. The quantitative estimate of drug-likeness (QED) is 0.879. The third kappa shape index (κ3) is 2.74. The third-order valence-corrected chi connectivity index (χ3v) is 4.81. The molecule has 1 heterocycles. The average molecular weight is 281 g/mol. The van der Waals surface area contributed by atoms with Crippen LogP contribution in [0.3, 0.4) is 0 Å². The summed E-state index contributed by atoms with van der Waals surface area (Å²) in [5.74, 6) is 0.393. The van der Waals surface area contributed by atoms with Crippen LogP contribution >= 0.6 is 0 Å². The molecule has 21 heavy (non-hydrogen) atoms. The Kier molecular flexibility index (Phi) is 4.09. The molecule has 3 rings (SSSR count). The average Bonchev–Trinajstić information content (AvgIpc) is 2.55. The predicted molar refractivity (Wildman–Crippen MR) is 85.8 cm³/mol. The van der Waals surface area contributed by atoms with Gasteiger partial charge in [-0.3, -0.25) is 0 Å². The maximum Gasteiger partial charge on any atom is 0.0627 e. The minimum atomic E-state index is -0.304. The summed E-state index contributed by atoms with van der Waals surface area (Å²) in [6.45, 7) is 4.26. The Bertz CT molecular complexity index is 517. The number of benzene rings is 2. The molecule has 1 fully saturated rings. The summed E-state index contributed by atoms with van der Waals surface area (Å²) in [5.41, 5.74) is 2.49. The van der Waals surface area contributed by atoms with Crippen LogP contribution in [0.15, 0.2) is 60.7 Å². The number of nitrogens with one attached hydrogen (secondary N) is 1. The first-order valence-electron chi connectivity index (χ1n) is 7.72. The van der Waals surface area contributed by atoms with Gasteiger partial charge in [0.15, 0.2) is 0 Å². The summed E-state index contributed by atoms with van der Waals surface area (Å²) >= 11 is 0. The Morgan fingerprint density at radius 3 is 1.48 bits per heavy atom. The molecule has 110 valence electrons. The van der Waals surface area contributed by atoms with Crippen LogP contribution in [0.2, 0.25) is 0 Å². The minimum Gasteiger partial charge on any atom is -0.392 e. The van der Waals surface area contributed by atoms with Crippen molar-refractivity contribution in [2.75, 3.05) is 0 Å². The molecule has 0 aliphatic carbocycles. The second-order valence-electron chi connectivity index (χ2n) is 6.15.